The molecule has 6 nitrogen and oxygen atoms in total. The average molecular weight is 364 g/mol. The van der Waals surface area contributed by atoms with Crippen LogP contribution in [0, 0.1) is 5.82 Å². The normalized spacial score (nSPS) is 17.0. The van der Waals surface area contributed by atoms with Gasteiger partial charge in [0.25, 0.3) is 0 Å². The number of carbonyl (C=O) groups is 1. The zero-order valence-corrected chi connectivity index (χ0v) is 15.1. The van der Waals surface area contributed by atoms with Crippen LogP contribution in [0.4, 0.5) is 4.39 Å². The third-order valence-corrected chi connectivity index (χ3v) is 5.00. The highest BCUT2D eigenvalue weighted by atomic mass is 32.2. The van der Waals surface area contributed by atoms with Crippen molar-refractivity contribution in [2.45, 2.75) is 30.6 Å². The Morgan fingerprint density at radius 3 is 2.76 bits per heavy atom. The van der Waals surface area contributed by atoms with Gasteiger partial charge < -0.3 is 9.64 Å². The third kappa shape index (κ3) is 4.38. The summed E-state index contributed by atoms with van der Waals surface area (Å²) in [5.74, 6) is 0.676. The van der Waals surface area contributed by atoms with Crippen molar-refractivity contribution in [2.75, 3.05) is 26.5 Å². The second-order valence-electron chi connectivity index (χ2n) is 6.14. The molecule has 1 aromatic carbocycles. The fourth-order valence-electron chi connectivity index (χ4n) is 2.62. The molecule has 0 unspecified atom stereocenters. The number of ether oxygens (including phenoxy) is 1. The topological polar surface area (TPSA) is 60.2 Å². The Balaban J connectivity index is 1.86. The molecular formula is C17H21FN4O2S. The van der Waals surface area contributed by atoms with Gasteiger partial charge in [0.1, 0.15) is 5.82 Å². The summed E-state index contributed by atoms with van der Waals surface area (Å²) in [6.07, 6.45) is 2.14. The summed E-state index contributed by atoms with van der Waals surface area (Å²) in [5, 5.41) is 9.19. The van der Waals surface area contributed by atoms with Crippen LogP contribution in [0.25, 0.3) is 11.4 Å². The van der Waals surface area contributed by atoms with Crippen LogP contribution in [0.5, 0.6) is 0 Å². The van der Waals surface area contributed by atoms with Gasteiger partial charge in [0, 0.05) is 26.3 Å². The van der Waals surface area contributed by atoms with E-state index in [4.69, 9.17) is 4.74 Å². The maximum Gasteiger partial charge on any atom is 0.232 e. The molecule has 134 valence electrons. The Bertz CT molecular complexity index is 727. The van der Waals surface area contributed by atoms with Crippen LogP contribution in [-0.4, -0.2) is 58.1 Å². The minimum Gasteiger partial charge on any atom is -0.376 e. The van der Waals surface area contributed by atoms with E-state index in [0.717, 1.165) is 25.0 Å². The number of thioether (sulfide) groups is 1. The first kappa shape index (κ1) is 17.9. The number of benzene rings is 1. The molecule has 1 atom stereocenters. The maximum atomic E-state index is 13.2. The summed E-state index contributed by atoms with van der Waals surface area (Å²) in [7, 11) is 3.45. The molecule has 0 aliphatic carbocycles. The molecule has 0 spiro atoms. The fraction of sp³-hybridized carbons (Fsp3) is 0.471. The number of amides is 1. The minimum atomic E-state index is -0.292. The van der Waals surface area contributed by atoms with Gasteiger partial charge in [-0.25, -0.2) is 4.39 Å². The fourth-order valence-corrected chi connectivity index (χ4v) is 3.55. The molecule has 8 heteroatoms. The molecule has 25 heavy (non-hydrogen) atoms. The zero-order chi connectivity index (χ0) is 17.8. The van der Waals surface area contributed by atoms with Crippen molar-refractivity contribution in [1.29, 1.82) is 0 Å². The van der Waals surface area contributed by atoms with Gasteiger partial charge in [-0.1, -0.05) is 11.8 Å². The highest BCUT2D eigenvalue weighted by Crippen LogP contribution is 2.26. The van der Waals surface area contributed by atoms with E-state index in [1.54, 1.807) is 31.1 Å². The quantitative estimate of drug-likeness (QED) is 0.737. The van der Waals surface area contributed by atoms with Crippen molar-refractivity contribution < 1.29 is 13.9 Å². The number of carbonyl (C=O) groups excluding carboxylic acids is 1. The Kier molecular flexibility index (Phi) is 5.70. The van der Waals surface area contributed by atoms with Crippen molar-refractivity contribution in [3.05, 3.63) is 30.1 Å². The van der Waals surface area contributed by atoms with E-state index in [0.29, 0.717) is 23.3 Å². The first-order valence-electron chi connectivity index (χ1n) is 8.18. The lowest BCUT2D eigenvalue weighted by Gasteiger charge is -2.15. The Morgan fingerprint density at radius 2 is 2.12 bits per heavy atom. The highest BCUT2D eigenvalue weighted by molar-refractivity contribution is 7.99. The summed E-state index contributed by atoms with van der Waals surface area (Å²) in [4.78, 5) is 13.4. The molecule has 2 aromatic rings. The lowest BCUT2D eigenvalue weighted by atomic mass is 10.2. The molecule has 0 bridgehead atoms. The Labute approximate surface area is 150 Å². The van der Waals surface area contributed by atoms with Crippen molar-refractivity contribution in [3.63, 3.8) is 0 Å². The van der Waals surface area contributed by atoms with Crippen LogP contribution in [0.15, 0.2) is 29.4 Å². The van der Waals surface area contributed by atoms with E-state index in [2.05, 4.69) is 10.2 Å². The highest BCUT2D eigenvalue weighted by Gasteiger charge is 2.22. The predicted octanol–water partition coefficient (Wildman–Crippen LogP) is 2.44. The second kappa shape index (κ2) is 7.97. The molecule has 1 aliphatic rings. The lowest BCUT2D eigenvalue weighted by Crippen LogP contribution is -2.24. The molecule has 1 aliphatic heterocycles. The van der Waals surface area contributed by atoms with Gasteiger partial charge >= 0.3 is 0 Å². The Morgan fingerprint density at radius 1 is 1.36 bits per heavy atom. The minimum absolute atomic E-state index is 0.0139. The number of rotatable bonds is 6. The van der Waals surface area contributed by atoms with Gasteiger partial charge in [0.15, 0.2) is 11.0 Å². The van der Waals surface area contributed by atoms with E-state index in [1.165, 1.54) is 23.9 Å². The number of nitrogens with zero attached hydrogens (tertiary/aromatic N) is 4. The van der Waals surface area contributed by atoms with E-state index in [-0.39, 0.29) is 17.8 Å². The molecule has 1 fully saturated rings. The largest absolute Gasteiger partial charge is 0.376 e. The molecule has 0 N–H and O–H groups in total. The predicted molar refractivity (Wildman–Crippen MR) is 93.8 cm³/mol. The van der Waals surface area contributed by atoms with Crippen molar-refractivity contribution >= 4 is 17.7 Å². The van der Waals surface area contributed by atoms with Crippen LogP contribution in [0.2, 0.25) is 0 Å². The van der Waals surface area contributed by atoms with Gasteiger partial charge in [-0.05, 0) is 37.1 Å². The number of hydrogen-bond donors (Lipinski definition) is 0. The van der Waals surface area contributed by atoms with Gasteiger partial charge in [-0.3, -0.25) is 9.36 Å². The molecule has 1 amide bonds. The second-order valence-corrected chi connectivity index (χ2v) is 7.08. The van der Waals surface area contributed by atoms with Crippen molar-refractivity contribution in [3.8, 4) is 11.4 Å². The van der Waals surface area contributed by atoms with Gasteiger partial charge in [0.05, 0.1) is 18.4 Å². The summed E-state index contributed by atoms with van der Waals surface area (Å²) in [6.45, 7) is 1.39. The van der Waals surface area contributed by atoms with Crippen LogP contribution in [-0.2, 0) is 16.1 Å². The van der Waals surface area contributed by atoms with E-state index < -0.39 is 0 Å². The summed E-state index contributed by atoms with van der Waals surface area (Å²) >= 11 is 1.35. The van der Waals surface area contributed by atoms with Gasteiger partial charge in [-0.15, -0.1) is 10.2 Å². The first-order valence-corrected chi connectivity index (χ1v) is 9.17. The van der Waals surface area contributed by atoms with Crippen LogP contribution < -0.4 is 0 Å². The van der Waals surface area contributed by atoms with Crippen LogP contribution >= 0.6 is 11.8 Å². The van der Waals surface area contributed by atoms with Crippen molar-refractivity contribution in [1.82, 2.24) is 19.7 Å². The molecule has 0 saturated carbocycles. The third-order valence-electron chi connectivity index (χ3n) is 4.05. The first-order chi connectivity index (χ1) is 12.0. The van der Waals surface area contributed by atoms with Crippen LogP contribution in [0.1, 0.15) is 12.8 Å². The maximum absolute atomic E-state index is 13.2. The summed E-state index contributed by atoms with van der Waals surface area (Å²) in [6, 6.07) is 6.18. The average Bonchev–Trinajstić information content (AvgIpc) is 3.24. The SMILES string of the molecule is CN(C)C(=O)CSc1nnc(-c2ccc(F)cc2)n1C[C@H]1CCCO1. The van der Waals surface area contributed by atoms with E-state index >= 15 is 0 Å². The van der Waals surface area contributed by atoms with Gasteiger partial charge in [0.2, 0.25) is 5.91 Å². The smallest absolute Gasteiger partial charge is 0.232 e. The molecule has 3 rings (SSSR count). The molecule has 0 radical (unpaired) electrons. The Hall–Kier alpha value is -1.93. The van der Waals surface area contributed by atoms with Crippen LogP contribution in [0.3, 0.4) is 0 Å². The molecular weight excluding hydrogens is 343 g/mol. The zero-order valence-electron chi connectivity index (χ0n) is 14.3. The van der Waals surface area contributed by atoms with Gasteiger partial charge in [-0.2, -0.15) is 0 Å². The lowest BCUT2D eigenvalue weighted by molar-refractivity contribution is -0.125. The number of hydrogen-bond acceptors (Lipinski definition) is 5. The monoisotopic (exact) mass is 364 g/mol. The standard InChI is InChI=1S/C17H21FN4O2S/c1-21(2)15(23)11-25-17-20-19-16(12-5-7-13(18)8-6-12)22(17)10-14-4-3-9-24-14/h5-8,14H,3-4,9-11H2,1-2H3/t14-/m1/s1. The number of halogens is 1. The molecule has 2 heterocycles. The summed E-state index contributed by atoms with van der Waals surface area (Å²) < 4.78 is 20.9. The van der Waals surface area contributed by atoms with E-state index in [1.807, 2.05) is 4.57 Å². The molecule has 1 saturated heterocycles. The van der Waals surface area contributed by atoms with E-state index in [9.17, 15) is 9.18 Å². The van der Waals surface area contributed by atoms with Crippen molar-refractivity contribution in [2.24, 2.45) is 0 Å². The molecule has 1 aromatic heterocycles. The number of aromatic nitrogens is 3. The summed E-state index contributed by atoms with van der Waals surface area (Å²) in [5.41, 5.74) is 0.790.